The highest BCUT2D eigenvalue weighted by Gasteiger charge is 2.18. The Morgan fingerprint density at radius 2 is 1.71 bits per heavy atom. The van der Waals surface area contributed by atoms with Crippen LogP contribution < -0.4 is 5.73 Å². The van der Waals surface area contributed by atoms with Crippen molar-refractivity contribution in [2.24, 2.45) is 5.73 Å². The Hall–Kier alpha value is -0.780. The van der Waals surface area contributed by atoms with E-state index in [9.17, 15) is 13.2 Å². The molecule has 0 unspecified atom stereocenters. The van der Waals surface area contributed by atoms with Crippen LogP contribution in [0.5, 0.6) is 0 Å². The first-order valence-electron chi connectivity index (χ1n) is 3.57. The van der Waals surface area contributed by atoms with Crippen LogP contribution in [-0.4, -0.2) is 11.7 Å². The fourth-order valence-electron chi connectivity index (χ4n) is 0.974. The van der Waals surface area contributed by atoms with Crippen molar-refractivity contribution in [2.45, 2.75) is 6.04 Å². The number of hydrogen-bond donors (Lipinski definition) is 2. The molecule has 0 fully saturated rings. The molecule has 0 radical (unpaired) electrons. The molecule has 1 atom stereocenters. The van der Waals surface area contributed by atoms with Crippen LogP contribution in [0.1, 0.15) is 11.6 Å². The van der Waals surface area contributed by atoms with Gasteiger partial charge in [0.2, 0.25) is 0 Å². The minimum atomic E-state index is -1.35. The topological polar surface area (TPSA) is 46.2 Å². The maximum absolute atomic E-state index is 12.9. The smallest absolute Gasteiger partial charge is 0.166 e. The molecule has 0 aliphatic rings. The van der Waals surface area contributed by atoms with Gasteiger partial charge in [0.1, 0.15) is 5.82 Å². The molecule has 0 amide bonds. The molecule has 80 valence electrons. The third-order valence-electron chi connectivity index (χ3n) is 1.65. The van der Waals surface area contributed by atoms with Gasteiger partial charge in [-0.2, -0.15) is 0 Å². The predicted octanol–water partition coefficient (Wildman–Crippen LogP) is 1.52. The molecule has 0 saturated heterocycles. The number of rotatable bonds is 2. The van der Waals surface area contributed by atoms with Gasteiger partial charge < -0.3 is 10.8 Å². The molecule has 0 spiro atoms. The van der Waals surface area contributed by atoms with Gasteiger partial charge in [0.05, 0.1) is 12.6 Å². The summed E-state index contributed by atoms with van der Waals surface area (Å²) in [5, 5.41) is 8.55. The summed E-state index contributed by atoms with van der Waals surface area (Å²) in [6.07, 6.45) is 0. The van der Waals surface area contributed by atoms with E-state index in [1.54, 1.807) is 0 Å². The number of nitrogens with two attached hydrogens (primary N) is 1. The molecule has 0 heterocycles. The molecule has 1 rings (SSSR count). The Balaban J connectivity index is 0.00000169. The maximum Gasteiger partial charge on any atom is 0.166 e. The molecule has 0 aromatic heterocycles. The summed E-state index contributed by atoms with van der Waals surface area (Å²) < 4.78 is 38.3. The normalized spacial score (nSPS) is 12.1. The minimum absolute atomic E-state index is 0. The van der Waals surface area contributed by atoms with E-state index in [1.807, 2.05) is 0 Å². The van der Waals surface area contributed by atoms with Gasteiger partial charge in [-0.05, 0) is 12.1 Å². The van der Waals surface area contributed by atoms with Crippen LogP contribution in [-0.2, 0) is 0 Å². The Labute approximate surface area is 84.9 Å². The average molecular weight is 228 g/mol. The van der Waals surface area contributed by atoms with Gasteiger partial charge in [0, 0.05) is 5.56 Å². The van der Waals surface area contributed by atoms with Crippen molar-refractivity contribution in [3.05, 3.63) is 35.1 Å². The summed E-state index contributed by atoms with van der Waals surface area (Å²) in [6, 6.07) is 0.192. The van der Waals surface area contributed by atoms with Crippen molar-refractivity contribution in [1.82, 2.24) is 0 Å². The summed E-state index contributed by atoms with van der Waals surface area (Å²) in [5.74, 6) is -3.48. The number of aliphatic hydroxyl groups excluding tert-OH is 1. The second kappa shape index (κ2) is 5.19. The van der Waals surface area contributed by atoms with Gasteiger partial charge in [-0.3, -0.25) is 0 Å². The Morgan fingerprint density at radius 3 is 2.21 bits per heavy atom. The van der Waals surface area contributed by atoms with E-state index in [0.717, 1.165) is 6.07 Å². The number of benzene rings is 1. The summed E-state index contributed by atoms with van der Waals surface area (Å²) in [7, 11) is 0. The largest absolute Gasteiger partial charge is 0.394 e. The zero-order valence-electron chi connectivity index (χ0n) is 7.01. The summed E-state index contributed by atoms with van der Waals surface area (Å²) in [6.45, 7) is -0.642. The lowest BCUT2D eigenvalue weighted by Crippen LogP contribution is -2.18. The average Bonchev–Trinajstić information content (AvgIpc) is 2.12. The molecule has 2 nitrogen and oxygen atoms in total. The SMILES string of the molecule is Cl.N[C@@H](CO)c1c(F)ccc(F)c1F. The van der Waals surface area contributed by atoms with Crippen molar-refractivity contribution >= 4 is 12.4 Å². The van der Waals surface area contributed by atoms with E-state index in [-0.39, 0.29) is 12.4 Å². The van der Waals surface area contributed by atoms with Crippen LogP contribution in [0.4, 0.5) is 13.2 Å². The van der Waals surface area contributed by atoms with Gasteiger partial charge in [-0.25, -0.2) is 13.2 Å². The summed E-state index contributed by atoms with van der Waals surface area (Å²) >= 11 is 0. The van der Waals surface area contributed by atoms with E-state index in [2.05, 4.69) is 0 Å². The van der Waals surface area contributed by atoms with Crippen LogP contribution in [0.3, 0.4) is 0 Å². The highest BCUT2D eigenvalue weighted by atomic mass is 35.5. The maximum atomic E-state index is 12.9. The summed E-state index contributed by atoms with van der Waals surface area (Å²) in [5.41, 5.74) is 4.55. The molecular weight excluding hydrogens is 219 g/mol. The fourth-order valence-corrected chi connectivity index (χ4v) is 0.974. The molecule has 3 N–H and O–H groups in total. The highest BCUT2D eigenvalue weighted by molar-refractivity contribution is 5.85. The van der Waals surface area contributed by atoms with Crippen LogP contribution in [0.25, 0.3) is 0 Å². The predicted molar refractivity (Wildman–Crippen MR) is 47.6 cm³/mol. The lowest BCUT2D eigenvalue weighted by molar-refractivity contribution is 0.261. The van der Waals surface area contributed by atoms with Gasteiger partial charge in [-0.1, -0.05) is 0 Å². The van der Waals surface area contributed by atoms with Crippen molar-refractivity contribution in [2.75, 3.05) is 6.61 Å². The first kappa shape index (κ1) is 13.2. The number of aliphatic hydroxyl groups is 1. The molecule has 14 heavy (non-hydrogen) atoms. The molecule has 1 aromatic carbocycles. The molecule has 0 saturated carbocycles. The highest BCUT2D eigenvalue weighted by Crippen LogP contribution is 2.20. The van der Waals surface area contributed by atoms with Crippen LogP contribution in [0.15, 0.2) is 12.1 Å². The van der Waals surface area contributed by atoms with Gasteiger partial charge in [0.25, 0.3) is 0 Å². The van der Waals surface area contributed by atoms with E-state index in [1.165, 1.54) is 0 Å². The second-order valence-corrected chi connectivity index (χ2v) is 2.55. The summed E-state index contributed by atoms with van der Waals surface area (Å²) in [4.78, 5) is 0. The van der Waals surface area contributed by atoms with Crippen LogP contribution in [0, 0.1) is 17.5 Å². The third kappa shape index (κ3) is 2.37. The molecule has 1 aromatic rings. The first-order chi connectivity index (χ1) is 6.07. The zero-order chi connectivity index (χ0) is 10.0. The Morgan fingerprint density at radius 1 is 1.21 bits per heavy atom. The van der Waals surface area contributed by atoms with Crippen molar-refractivity contribution in [3.8, 4) is 0 Å². The van der Waals surface area contributed by atoms with E-state index in [4.69, 9.17) is 10.8 Å². The third-order valence-corrected chi connectivity index (χ3v) is 1.65. The Kier molecular flexibility index (Phi) is 4.90. The lowest BCUT2D eigenvalue weighted by atomic mass is 10.1. The van der Waals surface area contributed by atoms with Crippen molar-refractivity contribution in [1.29, 1.82) is 0 Å². The molecule has 0 bridgehead atoms. The number of hydrogen-bond acceptors (Lipinski definition) is 2. The van der Waals surface area contributed by atoms with Crippen molar-refractivity contribution < 1.29 is 18.3 Å². The molecule has 6 heteroatoms. The van der Waals surface area contributed by atoms with E-state index >= 15 is 0 Å². The quantitative estimate of drug-likeness (QED) is 0.753. The zero-order valence-corrected chi connectivity index (χ0v) is 7.82. The monoisotopic (exact) mass is 227 g/mol. The minimum Gasteiger partial charge on any atom is -0.394 e. The fraction of sp³-hybridized carbons (Fsp3) is 0.250. The Bertz CT molecular complexity index is 322. The van der Waals surface area contributed by atoms with Gasteiger partial charge in [0.15, 0.2) is 11.6 Å². The standard InChI is InChI=1S/C8H8F3NO.ClH/c9-4-1-2-5(10)8(11)7(4)6(12)3-13;/h1-2,6,13H,3,12H2;1H/t6-;/m0./s1. The second-order valence-electron chi connectivity index (χ2n) is 2.55. The lowest BCUT2D eigenvalue weighted by Gasteiger charge is -2.10. The van der Waals surface area contributed by atoms with Crippen LogP contribution >= 0.6 is 12.4 Å². The molecule has 0 aliphatic heterocycles. The molecular formula is C8H9ClF3NO. The van der Waals surface area contributed by atoms with Crippen LogP contribution in [0.2, 0.25) is 0 Å². The van der Waals surface area contributed by atoms with E-state index in [0.29, 0.717) is 6.07 Å². The van der Waals surface area contributed by atoms with E-state index < -0.39 is 35.7 Å². The number of halogens is 4. The first-order valence-corrected chi connectivity index (χ1v) is 3.57. The van der Waals surface area contributed by atoms with Gasteiger partial charge in [-0.15, -0.1) is 12.4 Å². The van der Waals surface area contributed by atoms with Crippen molar-refractivity contribution in [3.63, 3.8) is 0 Å². The molecule has 0 aliphatic carbocycles. The van der Waals surface area contributed by atoms with Gasteiger partial charge >= 0.3 is 0 Å².